The molecule has 9 heteroatoms. The van der Waals surface area contributed by atoms with Crippen LogP contribution in [0.25, 0.3) is 122 Å². The molecule has 407 valence electrons. The van der Waals surface area contributed by atoms with Gasteiger partial charge in [-0.15, -0.1) is 82.1 Å². The van der Waals surface area contributed by atoms with Gasteiger partial charge in [0, 0.05) is 78.3 Å². The van der Waals surface area contributed by atoms with Crippen molar-refractivity contribution in [3.05, 3.63) is 322 Å². The van der Waals surface area contributed by atoms with Crippen molar-refractivity contribution in [1.29, 1.82) is 0 Å². The van der Waals surface area contributed by atoms with Crippen LogP contribution in [0.3, 0.4) is 0 Å². The first-order valence-electron chi connectivity index (χ1n) is 27.3. The van der Waals surface area contributed by atoms with E-state index in [0.717, 1.165) is 75.8 Å². The van der Waals surface area contributed by atoms with Crippen LogP contribution in [0.4, 0.5) is 0 Å². The molecule has 0 amide bonds. The number of pyridine rings is 4. The van der Waals surface area contributed by atoms with Crippen LogP contribution >= 0.6 is 45.3 Å². The van der Waals surface area contributed by atoms with Crippen LogP contribution in [0, 0.1) is 24.3 Å². The van der Waals surface area contributed by atoms with Crippen molar-refractivity contribution in [3.8, 4) is 75.7 Å². The third-order valence-corrected chi connectivity index (χ3v) is 18.3. The smallest absolute Gasteiger partial charge is 0.103 e. The van der Waals surface area contributed by atoms with Crippen molar-refractivity contribution in [3.63, 3.8) is 0 Å². The molecule has 1 aliphatic carbocycles. The number of thiophene rings is 4. The Morgan fingerprint density at radius 2 is 0.682 bits per heavy atom. The fourth-order valence-electron chi connectivity index (χ4n) is 9.49. The Balaban J connectivity index is 0.000000111. The van der Waals surface area contributed by atoms with Gasteiger partial charge in [0.15, 0.2) is 0 Å². The summed E-state index contributed by atoms with van der Waals surface area (Å²) in [4.78, 5) is 22.9. The van der Waals surface area contributed by atoms with Crippen molar-refractivity contribution < 1.29 is 20.1 Å². The molecule has 0 atom stereocenters. The Morgan fingerprint density at radius 1 is 0.318 bits per heavy atom. The van der Waals surface area contributed by atoms with Crippen LogP contribution in [0.5, 0.6) is 0 Å². The van der Waals surface area contributed by atoms with Gasteiger partial charge in [-0.1, -0.05) is 182 Å². The summed E-state index contributed by atoms with van der Waals surface area (Å²) >= 11 is 6.99. The molecule has 1 aliphatic rings. The minimum Gasteiger partial charge on any atom is -0.303 e. The molecule has 16 rings (SSSR count). The van der Waals surface area contributed by atoms with Gasteiger partial charge in [-0.25, -0.2) is 34.0 Å². The fraction of sp³-hybridized carbons (Fsp3) is 0. The quantitative estimate of drug-likeness (QED) is 0.142. The van der Waals surface area contributed by atoms with E-state index < -0.39 is 0 Å². The van der Waals surface area contributed by atoms with Gasteiger partial charge in [-0.3, -0.25) is 4.98 Å². The van der Waals surface area contributed by atoms with E-state index in [-0.39, 0.29) is 20.1 Å². The average molecular weight is 1340 g/mol. The molecule has 0 saturated heterocycles. The van der Waals surface area contributed by atoms with Crippen molar-refractivity contribution in [2.24, 2.45) is 0 Å². The number of fused-ring (bicyclic) bond motifs is 4. The molecular weight excluding hydrogens is 1290 g/mol. The first kappa shape index (κ1) is 56.3. The van der Waals surface area contributed by atoms with E-state index in [4.69, 9.17) is 0 Å². The molecule has 15 aromatic rings. The molecule has 0 aliphatic heterocycles. The molecule has 1 radical (unpaired) electrons. The zero-order valence-corrected chi connectivity index (χ0v) is 51.1. The largest absolute Gasteiger partial charge is 0.303 e. The maximum atomic E-state index is 4.62. The van der Waals surface area contributed by atoms with Crippen LogP contribution in [0.1, 0.15) is 5.56 Å². The summed E-state index contributed by atoms with van der Waals surface area (Å²) in [7, 11) is 0. The number of allylic oxidation sites excluding steroid dienone is 6. The first-order valence-corrected chi connectivity index (χ1v) is 30.6. The van der Waals surface area contributed by atoms with Gasteiger partial charge in [0.1, 0.15) is 12.2 Å². The molecule has 7 aromatic carbocycles. The Hall–Kier alpha value is -9.24. The zero-order chi connectivity index (χ0) is 56.3. The van der Waals surface area contributed by atoms with Gasteiger partial charge in [0.25, 0.3) is 0 Å². The van der Waals surface area contributed by atoms with Gasteiger partial charge >= 0.3 is 0 Å². The second-order valence-electron chi connectivity index (χ2n) is 19.4. The van der Waals surface area contributed by atoms with E-state index in [2.05, 4.69) is 226 Å². The summed E-state index contributed by atoms with van der Waals surface area (Å²) in [6, 6.07) is 93.6. The molecule has 8 heterocycles. The molecule has 0 fully saturated rings. The van der Waals surface area contributed by atoms with Crippen LogP contribution in [0.15, 0.2) is 292 Å². The van der Waals surface area contributed by atoms with E-state index in [0.29, 0.717) is 0 Å². The third-order valence-electron chi connectivity index (χ3n) is 13.8. The summed E-state index contributed by atoms with van der Waals surface area (Å²) in [5.74, 6) is 0. The Bertz CT molecular complexity index is 4240. The average Bonchev–Trinajstić information content (AvgIpc) is 4.62. The maximum Gasteiger partial charge on any atom is 0.103 e. The maximum absolute atomic E-state index is 4.62. The summed E-state index contributed by atoms with van der Waals surface area (Å²) < 4.78 is 5.06. The molecule has 0 unspecified atom stereocenters. The van der Waals surface area contributed by atoms with Crippen LogP contribution in [-0.4, -0.2) is 19.9 Å². The van der Waals surface area contributed by atoms with Gasteiger partial charge in [-0.05, 0) is 91.8 Å². The Morgan fingerprint density at radius 3 is 1.05 bits per heavy atom. The fourth-order valence-corrected chi connectivity index (χ4v) is 13.5. The molecule has 0 spiro atoms. The van der Waals surface area contributed by atoms with Gasteiger partial charge in [0.2, 0.25) is 0 Å². The van der Waals surface area contributed by atoms with Crippen molar-refractivity contribution in [2.45, 2.75) is 0 Å². The monoisotopic (exact) mass is 1340 g/mol. The zero-order valence-electron chi connectivity index (χ0n) is 45.5. The minimum absolute atomic E-state index is 0. The number of hydrogen-bond acceptors (Lipinski definition) is 8. The molecule has 0 saturated carbocycles. The Labute approximate surface area is 524 Å². The van der Waals surface area contributed by atoms with Crippen molar-refractivity contribution >= 4 is 91.3 Å². The van der Waals surface area contributed by atoms with Crippen LogP contribution in [0.2, 0.25) is 0 Å². The van der Waals surface area contributed by atoms with E-state index in [1.165, 1.54) is 51.3 Å². The topological polar surface area (TPSA) is 51.6 Å². The van der Waals surface area contributed by atoms with Gasteiger partial charge in [0.05, 0.1) is 28.3 Å². The van der Waals surface area contributed by atoms with Crippen molar-refractivity contribution in [1.82, 2.24) is 19.9 Å². The van der Waals surface area contributed by atoms with E-state index in [1.54, 1.807) is 45.3 Å². The first-order chi connectivity index (χ1) is 41.6. The van der Waals surface area contributed by atoms with E-state index in [1.807, 2.05) is 110 Å². The van der Waals surface area contributed by atoms with E-state index >= 15 is 0 Å². The summed E-state index contributed by atoms with van der Waals surface area (Å²) in [6.07, 6.45) is 18.7. The molecule has 0 N–H and O–H groups in total. The normalized spacial score (nSPS) is 11.3. The molecule has 4 nitrogen and oxygen atoms in total. The second kappa shape index (κ2) is 27.0. The van der Waals surface area contributed by atoms with E-state index in [9.17, 15) is 0 Å². The minimum atomic E-state index is 0. The van der Waals surface area contributed by atoms with Gasteiger partial charge in [-0.2, -0.15) is 0 Å². The predicted molar refractivity (Wildman–Crippen MR) is 358 cm³/mol. The number of nitrogens with zero attached hydrogens (tertiary/aromatic N) is 4. The second-order valence-corrected chi connectivity index (χ2v) is 23.7. The SMILES string of the molecule is [C+]1=CC=C(c2ccc(-c3cc4ccccc4s3)nc2)C=C1.[Ir].[c-]1c(-c2ccc(-c3ccccc3)cn2)sc2ccccc12.[c-]1c(-c2ccc(-c3ccccc3)cn2)sc2ccccc12.[c-]1c(-c2ccc(-c3ccccc3)cn2)sc2ccccc12. The number of hydrogen-bond donors (Lipinski definition) is 0. The number of benzene rings is 7. The van der Waals surface area contributed by atoms with Crippen LogP contribution < -0.4 is 0 Å². The van der Waals surface area contributed by atoms with Gasteiger partial charge < -0.3 is 15.0 Å². The van der Waals surface area contributed by atoms with Crippen LogP contribution in [-0.2, 0) is 20.1 Å². The molecule has 85 heavy (non-hydrogen) atoms. The molecular formula is C76H48IrN4S4-2. The predicted octanol–water partition coefficient (Wildman–Crippen LogP) is 21.6. The summed E-state index contributed by atoms with van der Waals surface area (Å²) in [5.41, 5.74) is 13.3. The number of rotatable bonds is 8. The Kier molecular flexibility index (Phi) is 17.9. The molecule has 0 bridgehead atoms. The van der Waals surface area contributed by atoms with Crippen molar-refractivity contribution in [2.75, 3.05) is 0 Å². The summed E-state index contributed by atoms with van der Waals surface area (Å²) in [5, 5.41) is 4.76. The standard InChI is InChI=1S/4C19H12NS.Ir/c4*1-2-6-14(7-3-1)16-10-11-17(20-13-16)19-12-15-8-4-5-9-18(15)21-19;/h2-13H;3*1-11,13H;/q+1;3*-1;. The third kappa shape index (κ3) is 13.6. The number of aromatic nitrogens is 4. The molecule has 8 aromatic heterocycles. The summed E-state index contributed by atoms with van der Waals surface area (Å²) in [6.45, 7) is 0.